The van der Waals surface area contributed by atoms with Crippen molar-refractivity contribution in [1.82, 2.24) is 9.88 Å². The Bertz CT molecular complexity index is 1230. The van der Waals surface area contributed by atoms with E-state index >= 15 is 0 Å². The van der Waals surface area contributed by atoms with Gasteiger partial charge < -0.3 is 24.3 Å². The van der Waals surface area contributed by atoms with Gasteiger partial charge in [0, 0.05) is 43.4 Å². The Hall–Kier alpha value is -2.90. The van der Waals surface area contributed by atoms with Crippen LogP contribution in [-0.4, -0.2) is 49.6 Å². The lowest BCUT2D eigenvalue weighted by molar-refractivity contribution is 0.0680. The number of fused-ring (bicyclic) bond motifs is 1. The van der Waals surface area contributed by atoms with Crippen LogP contribution in [0.4, 0.5) is 10.1 Å². The molecule has 3 aromatic rings. The molecule has 3 fully saturated rings. The molecular formula is C29H37FN4O2. The van der Waals surface area contributed by atoms with Gasteiger partial charge in [0.05, 0.1) is 17.5 Å². The minimum absolute atomic E-state index is 0.170. The first-order chi connectivity index (χ1) is 17.6. The third-order valence-electron chi connectivity index (χ3n) is 7.35. The number of anilines is 1. The highest BCUT2D eigenvalue weighted by molar-refractivity contribution is 5.83. The van der Waals surface area contributed by atoms with Gasteiger partial charge in [-0.15, -0.1) is 0 Å². The summed E-state index contributed by atoms with van der Waals surface area (Å²) >= 11 is 0. The SMILES string of the molecule is C[C@H]1CCCN1.N=c1c2ccc(OCC3CCCO3)cc2ccn1-c1ccc(N2CCCC2)c(F)c1. The Morgan fingerprint density at radius 3 is 2.58 bits per heavy atom. The van der Waals surface area contributed by atoms with E-state index < -0.39 is 0 Å². The molecule has 0 aliphatic carbocycles. The summed E-state index contributed by atoms with van der Waals surface area (Å²) in [4.78, 5) is 2.09. The standard InChI is InChI=1S/C24H26FN3O2.C5H11N/c25-22-15-18(5-8-23(22)27-10-1-2-11-27)28-12-9-17-14-19(6-7-21(17)24(28)26)30-16-20-4-3-13-29-20;1-5-3-2-4-6-5/h5-9,12,14-15,20,26H,1-4,10-11,13,16H2;5-6H,2-4H2,1H3/t;5-/m.0/s1. The molecule has 36 heavy (non-hydrogen) atoms. The van der Waals surface area contributed by atoms with Crippen molar-refractivity contribution in [3.05, 3.63) is 60.0 Å². The first kappa shape index (κ1) is 24.8. The molecule has 7 heteroatoms. The van der Waals surface area contributed by atoms with Crippen LogP contribution in [0, 0.1) is 11.2 Å². The fourth-order valence-corrected chi connectivity index (χ4v) is 5.24. The van der Waals surface area contributed by atoms with Gasteiger partial charge in [-0.05, 0) is 93.8 Å². The number of aromatic nitrogens is 1. The minimum Gasteiger partial charge on any atom is -0.491 e. The summed E-state index contributed by atoms with van der Waals surface area (Å²) in [6.45, 7) is 6.64. The van der Waals surface area contributed by atoms with Crippen molar-refractivity contribution >= 4 is 16.5 Å². The van der Waals surface area contributed by atoms with E-state index in [1.807, 2.05) is 42.6 Å². The van der Waals surface area contributed by atoms with Crippen molar-refractivity contribution in [3.8, 4) is 11.4 Å². The molecule has 2 aromatic carbocycles. The number of hydrogen-bond donors (Lipinski definition) is 2. The molecule has 3 aliphatic heterocycles. The van der Waals surface area contributed by atoms with Crippen molar-refractivity contribution in [1.29, 1.82) is 5.41 Å². The Labute approximate surface area is 212 Å². The van der Waals surface area contributed by atoms with Crippen molar-refractivity contribution in [2.45, 2.75) is 57.6 Å². The molecule has 4 heterocycles. The van der Waals surface area contributed by atoms with Crippen LogP contribution < -0.4 is 20.4 Å². The first-order valence-corrected chi connectivity index (χ1v) is 13.3. The molecule has 6 nitrogen and oxygen atoms in total. The Morgan fingerprint density at radius 1 is 1.06 bits per heavy atom. The second-order valence-electron chi connectivity index (χ2n) is 10.1. The highest BCUT2D eigenvalue weighted by atomic mass is 19.1. The largest absolute Gasteiger partial charge is 0.491 e. The zero-order chi connectivity index (χ0) is 24.9. The summed E-state index contributed by atoms with van der Waals surface area (Å²) in [6.07, 6.45) is 9.09. The lowest BCUT2D eigenvalue weighted by Crippen LogP contribution is -2.21. The first-order valence-electron chi connectivity index (χ1n) is 13.3. The van der Waals surface area contributed by atoms with Crippen LogP contribution in [0.1, 0.15) is 45.4 Å². The third-order valence-corrected chi connectivity index (χ3v) is 7.35. The van der Waals surface area contributed by atoms with Crippen molar-refractivity contribution in [3.63, 3.8) is 0 Å². The van der Waals surface area contributed by atoms with E-state index in [1.165, 1.54) is 25.5 Å². The third kappa shape index (κ3) is 5.73. The van der Waals surface area contributed by atoms with Crippen molar-refractivity contribution < 1.29 is 13.9 Å². The predicted octanol–water partition coefficient (Wildman–Crippen LogP) is 5.17. The molecule has 0 spiro atoms. The molecule has 2 N–H and O–H groups in total. The van der Waals surface area contributed by atoms with Gasteiger partial charge in [-0.3, -0.25) is 5.41 Å². The number of nitrogens with zero attached hydrogens (tertiary/aromatic N) is 2. The zero-order valence-electron chi connectivity index (χ0n) is 21.1. The summed E-state index contributed by atoms with van der Waals surface area (Å²) in [5.41, 5.74) is 1.63. The van der Waals surface area contributed by atoms with Gasteiger partial charge in [0.2, 0.25) is 0 Å². The number of nitrogens with one attached hydrogen (secondary N) is 2. The van der Waals surface area contributed by atoms with Gasteiger partial charge in [-0.1, -0.05) is 0 Å². The van der Waals surface area contributed by atoms with E-state index in [4.69, 9.17) is 14.9 Å². The Kier molecular flexibility index (Phi) is 7.87. The van der Waals surface area contributed by atoms with Crippen LogP contribution in [0.15, 0.2) is 48.7 Å². The number of ether oxygens (including phenoxy) is 2. The molecule has 0 amide bonds. The van der Waals surface area contributed by atoms with Gasteiger partial charge >= 0.3 is 0 Å². The molecule has 6 rings (SSSR count). The predicted molar refractivity (Wildman–Crippen MR) is 142 cm³/mol. The second-order valence-corrected chi connectivity index (χ2v) is 10.1. The maximum absolute atomic E-state index is 14.8. The van der Waals surface area contributed by atoms with Crippen LogP contribution in [0.5, 0.6) is 5.75 Å². The second kappa shape index (κ2) is 11.4. The van der Waals surface area contributed by atoms with E-state index in [0.717, 1.165) is 67.9 Å². The molecule has 1 aromatic heterocycles. The number of pyridine rings is 1. The average molecular weight is 493 g/mol. The quantitative estimate of drug-likeness (QED) is 0.516. The number of halogens is 1. The number of benzene rings is 2. The summed E-state index contributed by atoms with van der Waals surface area (Å²) < 4.78 is 28.0. The van der Waals surface area contributed by atoms with E-state index in [0.29, 0.717) is 23.5 Å². The molecule has 1 unspecified atom stereocenters. The highest BCUT2D eigenvalue weighted by Gasteiger charge is 2.18. The number of hydrogen-bond acceptors (Lipinski definition) is 5. The Morgan fingerprint density at radius 2 is 1.92 bits per heavy atom. The van der Waals surface area contributed by atoms with E-state index in [-0.39, 0.29) is 11.9 Å². The molecule has 3 saturated heterocycles. The molecular weight excluding hydrogens is 455 g/mol. The molecule has 2 atom stereocenters. The minimum atomic E-state index is -0.237. The van der Waals surface area contributed by atoms with Crippen LogP contribution >= 0.6 is 0 Å². The fourth-order valence-electron chi connectivity index (χ4n) is 5.24. The fraction of sp³-hybridized carbons (Fsp3) is 0.483. The normalized spacial score (nSPS) is 21.6. The summed E-state index contributed by atoms with van der Waals surface area (Å²) in [5.74, 6) is 0.537. The lowest BCUT2D eigenvalue weighted by atomic mass is 10.1. The molecule has 0 saturated carbocycles. The van der Waals surface area contributed by atoms with Crippen LogP contribution in [0.2, 0.25) is 0 Å². The smallest absolute Gasteiger partial charge is 0.148 e. The highest BCUT2D eigenvalue weighted by Crippen LogP contribution is 2.26. The van der Waals surface area contributed by atoms with Gasteiger partial charge in [-0.25, -0.2) is 4.39 Å². The van der Waals surface area contributed by atoms with Crippen LogP contribution in [-0.2, 0) is 4.74 Å². The van der Waals surface area contributed by atoms with Gasteiger partial charge in [0.15, 0.2) is 0 Å². The van der Waals surface area contributed by atoms with Crippen molar-refractivity contribution in [2.24, 2.45) is 0 Å². The van der Waals surface area contributed by atoms with E-state index in [2.05, 4.69) is 17.1 Å². The summed E-state index contributed by atoms with van der Waals surface area (Å²) in [6, 6.07) is 13.7. The molecule has 0 bridgehead atoms. The maximum atomic E-state index is 14.8. The summed E-state index contributed by atoms with van der Waals surface area (Å²) in [5, 5.41) is 13.7. The zero-order valence-corrected chi connectivity index (χ0v) is 21.1. The average Bonchev–Trinajstić information content (AvgIpc) is 3.68. The topological polar surface area (TPSA) is 62.5 Å². The van der Waals surface area contributed by atoms with Gasteiger partial charge in [0.1, 0.15) is 23.7 Å². The monoisotopic (exact) mass is 492 g/mol. The van der Waals surface area contributed by atoms with Crippen LogP contribution in [0.3, 0.4) is 0 Å². The van der Waals surface area contributed by atoms with Crippen molar-refractivity contribution in [2.75, 3.05) is 37.7 Å². The van der Waals surface area contributed by atoms with Gasteiger partial charge in [0.25, 0.3) is 0 Å². The molecule has 3 aliphatic rings. The molecule has 0 radical (unpaired) electrons. The van der Waals surface area contributed by atoms with E-state index in [9.17, 15) is 4.39 Å². The number of rotatable bonds is 5. The van der Waals surface area contributed by atoms with Crippen LogP contribution in [0.25, 0.3) is 16.5 Å². The van der Waals surface area contributed by atoms with Gasteiger partial charge in [-0.2, -0.15) is 0 Å². The maximum Gasteiger partial charge on any atom is 0.148 e. The molecule has 192 valence electrons. The van der Waals surface area contributed by atoms with E-state index in [1.54, 1.807) is 4.57 Å². The summed E-state index contributed by atoms with van der Waals surface area (Å²) in [7, 11) is 0. The lowest BCUT2D eigenvalue weighted by Gasteiger charge is -2.19. The Balaban J connectivity index is 0.000000391.